The minimum absolute atomic E-state index is 0.0624. The molecule has 2 atom stereocenters. The third-order valence-electron chi connectivity index (χ3n) is 5.21. The van der Waals surface area contributed by atoms with Crippen molar-refractivity contribution in [2.45, 2.75) is 90.9 Å². The van der Waals surface area contributed by atoms with Gasteiger partial charge in [-0.3, -0.25) is 0 Å². The lowest BCUT2D eigenvalue weighted by Gasteiger charge is -2.22. The standard InChI is InChI=1S/C16H22INO4.C16H23NO5/c1-16(2,3)22-15(20)18-13(9-10-17)14(19)21-11-12-7-5-4-6-8-12;1-16(2,3)22-15(20)17-13(9-10-18)14(19)21-11-12-7-5-4-6-8-12/h4-8,13H,9-11H2,1-3H3,(H,18,20);4-8,13,18H,9-11H2,1-3H3,(H,17,20)/t2*13-/m00/s1. The summed E-state index contributed by atoms with van der Waals surface area (Å²) in [6.45, 7) is 10.5. The second-order valence-corrected chi connectivity index (χ2v) is 12.7. The summed E-state index contributed by atoms with van der Waals surface area (Å²) < 4.78 is 21.4. The van der Waals surface area contributed by atoms with Crippen molar-refractivity contribution in [3.8, 4) is 0 Å². The Hall–Kier alpha value is -3.39. The summed E-state index contributed by atoms with van der Waals surface area (Å²) in [5.41, 5.74) is 0.478. The van der Waals surface area contributed by atoms with Crippen LogP contribution in [0.5, 0.6) is 0 Å². The zero-order valence-electron chi connectivity index (χ0n) is 26.3. The average molecular weight is 729 g/mol. The Morgan fingerprint density at radius 1 is 0.682 bits per heavy atom. The molecule has 2 rings (SSSR count). The molecule has 11 nitrogen and oxygen atoms in total. The number of carbonyl (C=O) groups excluding carboxylic acids is 4. The first-order chi connectivity index (χ1) is 20.6. The minimum atomic E-state index is -0.941. The van der Waals surface area contributed by atoms with E-state index in [2.05, 4.69) is 33.2 Å². The van der Waals surface area contributed by atoms with Crippen LogP contribution in [0, 0.1) is 0 Å². The van der Waals surface area contributed by atoms with E-state index in [1.165, 1.54) is 0 Å². The van der Waals surface area contributed by atoms with Gasteiger partial charge in [0.2, 0.25) is 0 Å². The molecule has 0 heterocycles. The molecule has 0 aromatic heterocycles. The number of hydrogen-bond acceptors (Lipinski definition) is 9. The Kier molecular flexibility index (Phi) is 17.4. The van der Waals surface area contributed by atoms with E-state index in [4.69, 9.17) is 24.1 Å². The Morgan fingerprint density at radius 3 is 1.36 bits per heavy atom. The first kappa shape index (κ1) is 38.6. The van der Waals surface area contributed by atoms with Gasteiger partial charge in [-0.25, -0.2) is 19.2 Å². The van der Waals surface area contributed by atoms with Crippen LogP contribution in [0.25, 0.3) is 0 Å². The quantitative estimate of drug-likeness (QED) is 0.112. The highest BCUT2D eigenvalue weighted by atomic mass is 127. The van der Waals surface area contributed by atoms with Crippen molar-refractivity contribution in [2.24, 2.45) is 0 Å². The Bertz CT molecular complexity index is 1060. The van der Waals surface area contributed by atoms with Crippen molar-refractivity contribution in [3.63, 3.8) is 0 Å². The molecule has 0 fully saturated rings. The predicted octanol–water partition coefficient (Wildman–Crippen LogP) is 5.45. The van der Waals surface area contributed by atoms with E-state index in [1.807, 2.05) is 60.7 Å². The van der Waals surface area contributed by atoms with Gasteiger partial charge in [0.05, 0.1) is 0 Å². The maximum Gasteiger partial charge on any atom is 0.408 e. The first-order valence-electron chi connectivity index (χ1n) is 14.2. The molecule has 3 N–H and O–H groups in total. The third kappa shape index (κ3) is 18.3. The van der Waals surface area contributed by atoms with E-state index in [9.17, 15) is 19.2 Å². The molecule has 0 saturated carbocycles. The maximum absolute atomic E-state index is 12.1. The van der Waals surface area contributed by atoms with Crippen LogP contribution in [-0.2, 0) is 41.8 Å². The number of amides is 2. The molecule has 244 valence electrons. The number of aliphatic hydroxyl groups is 1. The van der Waals surface area contributed by atoms with Gasteiger partial charge in [-0.05, 0) is 59.1 Å². The fourth-order valence-electron chi connectivity index (χ4n) is 3.29. The van der Waals surface area contributed by atoms with Crippen molar-refractivity contribution in [1.82, 2.24) is 10.6 Å². The minimum Gasteiger partial charge on any atom is -0.459 e. The second-order valence-electron chi connectivity index (χ2n) is 11.6. The van der Waals surface area contributed by atoms with Crippen LogP contribution in [0.15, 0.2) is 60.7 Å². The molecule has 44 heavy (non-hydrogen) atoms. The van der Waals surface area contributed by atoms with Gasteiger partial charge in [0.15, 0.2) is 0 Å². The fraction of sp³-hybridized carbons (Fsp3) is 0.500. The first-order valence-corrected chi connectivity index (χ1v) is 15.7. The van der Waals surface area contributed by atoms with E-state index in [1.54, 1.807) is 41.5 Å². The van der Waals surface area contributed by atoms with E-state index >= 15 is 0 Å². The number of halogens is 1. The zero-order chi connectivity index (χ0) is 33.2. The summed E-state index contributed by atoms with van der Waals surface area (Å²) in [5.74, 6) is -1.06. The van der Waals surface area contributed by atoms with Crippen LogP contribution < -0.4 is 10.6 Å². The number of benzene rings is 2. The van der Waals surface area contributed by atoms with Crippen molar-refractivity contribution in [3.05, 3.63) is 71.8 Å². The third-order valence-corrected chi connectivity index (χ3v) is 5.84. The molecule has 2 amide bonds. The molecule has 2 aromatic carbocycles. The number of rotatable bonds is 12. The smallest absolute Gasteiger partial charge is 0.408 e. The number of alkyl halides is 1. The number of ether oxygens (including phenoxy) is 4. The van der Waals surface area contributed by atoms with Crippen LogP contribution >= 0.6 is 22.6 Å². The summed E-state index contributed by atoms with van der Waals surface area (Å²) in [5, 5.41) is 14.0. The van der Waals surface area contributed by atoms with Gasteiger partial charge in [0.25, 0.3) is 0 Å². The highest BCUT2D eigenvalue weighted by molar-refractivity contribution is 14.1. The summed E-state index contributed by atoms with van der Waals surface area (Å²) in [6.07, 6.45) is -0.776. The lowest BCUT2D eigenvalue weighted by molar-refractivity contribution is -0.148. The SMILES string of the molecule is CC(C)(C)OC(=O)N[C@@H](CCI)C(=O)OCc1ccccc1.CC(C)(C)OC(=O)N[C@@H](CCO)C(=O)OCc1ccccc1. The van der Waals surface area contributed by atoms with Gasteiger partial charge < -0.3 is 34.7 Å². The van der Waals surface area contributed by atoms with Gasteiger partial charge in [-0.2, -0.15) is 0 Å². The van der Waals surface area contributed by atoms with Gasteiger partial charge in [-0.1, -0.05) is 83.3 Å². The number of esters is 2. The number of hydrogen-bond donors (Lipinski definition) is 3. The van der Waals surface area contributed by atoms with E-state index < -0.39 is 47.4 Å². The van der Waals surface area contributed by atoms with Crippen LogP contribution in [0.4, 0.5) is 9.59 Å². The van der Waals surface area contributed by atoms with E-state index in [-0.39, 0.29) is 26.2 Å². The summed E-state index contributed by atoms with van der Waals surface area (Å²) in [6, 6.07) is 17.0. The van der Waals surface area contributed by atoms with E-state index in [0.29, 0.717) is 6.42 Å². The molecule has 2 aromatic rings. The normalized spacial score (nSPS) is 12.4. The average Bonchev–Trinajstić information content (AvgIpc) is 2.93. The lowest BCUT2D eigenvalue weighted by Crippen LogP contribution is -2.44. The Morgan fingerprint density at radius 2 is 1.05 bits per heavy atom. The molecule has 0 radical (unpaired) electrons. The number of carbonyl (C=O) groups is 4. The predicted molar refractivity (Wildman–Crippen MR) is 174 cm³/mol. The van der Waals surface area contributed by atoms with Gasteiger partial charge in [0, 0.05) is 17.5 Å². The molecular formula is C32H45IN2O9. The molecule has 0 unspecified atom stereocenters. The van der Waals surface area contributed by atoms with Gasteiger partial charge in [0.1, 0.15) is 36.5 Å². The zero-order valence-corrected chi connectivity index (χ0v) is 28.4. The van der Waals surface area contributed by atoms with Crippen molar-refractivity contribution in [2.75, 3.05) is 11.0 Å². The van der Waals surface area contributed by atoms with Crippen molar-refractivity contribution in [1.29, 1.82) is 0 Å². The maximum atomic E-state index is 12.1. The van der Waals surface area contributed by atoms with Crippen LogP contribution in [0.3, 0.4) is 0 Å². The molecule has 0 aliphatic heterocycles. The molecule has 12 heteroatoms. The number of alkyl carbamates (subject to hydrolysis) is 2. The lowest BCUT2D eigenvalue weighted by atomic mass is 10.2. The second kappa shape index (κ2) is 19.8. The highest BCUT2D eigenvalue weighted by Gasteiger charge is 2.26. The molecule has 0 saturated heterocycles. The molecule has 0 bridgehead atoms. The van der Waals surface area contributed by atoms with Crippen molar-refractivity contribution < 1.29 is 43.2 Å². The summed E-state index contributed by atoms with van der Waals surface area (Å²) in [7, 11) is 0. The van der Waals surface area contributed by atoms with Crippen LogP contribution in [0.1, 0.15) is 65.5 Å². The fourth-order valence-corrected chi connectivity index (χ4v) is 3.92. The molecule has 0 spiro atoms. The van der Waals surface area contributed by atoms with Crippen LogP contribution in [-0.4, -0.2) is 63.6 Å². The summed E-state index contributed by atoms with van der Waals surface area (Å²) in [4.78, 5) is 47.6. The Balaban J connectivity index is 0.000000440. The summed E-state index contributed by atoms with van der Waals surface area (Å²) >= 11 is 2.15. The molecule has 0 aliphatic carbocycles. The largest absolute Gasteiger partial charge is 0.459 e. The molecular weight excluding hydrogens is 683 g/mol. The number of aliphatic hydroxyl groups excluding tert-OH is 1. The van der Waals surface area contributed by atoms with Crippen LogP contribution in [0.2, 0.25) is 0 Å². The monoisotopic (exact) mass is 728 g/mol. The number of nitrogens with one attached hydrogen (secondary N) is 2. The Labute approximate surface area is 273 Å². The molecule has 0 aliphatic rings. The van der Waals surface area contributed by atoms with Gasteiger partial charge in [-0.15, -0.1) is 0 Å². The highest BCUT2D eigenvalue weighted by Crippen LogP contribution is 2.10. The van der Waals surface area contributed by atoms with E-state index in [0.717, 1.165) is 15.6 Å². The van der Waals surface area contributed by atoms with Gasteiger partial charge >= 0.3 is 24.1 Å². The topological polar surface area (TPSA) is 149 Å². The van der Waals surface area contributed by atoms with Crippen molar-refractivity contribution >= 4 is 46.7 Å².